The summed E-state index contributed by atoms with van der Waals surface area (Å²) in [5.41, 5.74) is 3.99. The molecule has 1 aromatic carbocycles. The first-order valence-electron chi connectivity index (χ1n) is 16.2. The summed E-state index contributed by atoms with van der Waals surface area (Å²) in [6.45, 7) is 13.5. The first-order chi connectivity index (χ1) is 24.2. The quantitative estimate of drug-likeness (QED) is 0.284. The second-order valence-electron chi connectivity index (χ2n) is 12.6. The zero-order valence-electron chi connectivity index (χ0n) is 31.0. The summed E-state index contributed by atoms with van der Waals surface area (Å²) in [4.78, 5) is 45.5. The summed E-state index contributed by atoms with van der Waals surface area (Å²) in [6.07, 6.45) is 2.26. The molecule has 3 aromatic rings. The number of carbonyl (C=O) groups is 2. The number of fused-ring (bicyclic) bond motifs is 1. The van der Waals surface area contributed by atoms with Crippen molar-refractivity contribution in [2.45, 2.75) is 67.5 Å². The van der Waals surface area contributed by atoms with E-state index in [2.05, 4.69) is 42.9 Å². The van der Waals surface area contributed by atoms with Gasteiger partial charge in [-0.2, -0.15) is 18.4 Å². The number of methoxy groups -OCH3 is 2. The van der Waals surface area contributed by atoms with Gasteiger partial charge in [-0.05, 0) is 57.2 Å². The Hall–Kier alpha value is -4.53. The molecule has 0 bridgehead atoms. The van der Waals surface area contributed by atoms with Crippen molar-refractivity contribution in [1.82, 2.24) is 27.8 Å². The smallest absolute Gasteiger partial charge is 0.336 e. The van der Waals surface area contributed by atoms with Crippen molar-refractivity contribution in [3.63, 3.8) is 0 Å². The average Bonchev–Trinajstić information content (AvgIpc) is 3.19. The molecule has 1 aliphatic heterocycles. The third-order valence-electron chi connectivity index (χ3n) is 7.69. The fourth-order valence-corrected chi connectivity index (χ4v) is 6.90. The number of aryl methyl sites for hydroxylation is 3. The van der Waals surface area contributed by atoms with Crippen molar-refractivity contribution in [3.8, 4) is 28.8 Å². The largest absolute Gasteiger partial charge is 0.481 e. The van der Waals surface area contributed by atoms with Gasteiger partial charge in [0.05, 0.1) is 58.3 Å². The number of urea groups is 1. The van der Waals surface area contributed by atoms with Crippen LogP contribution < -0.4 is 29.8 Å². The van der Waals surface area contributed by atoms with Crippen molar-refractivity contribution in [1.29, 1.82) is 0 Å². The average molecular weight is 770 g/mol. The number of carbonyl (C=O) groups excluding carboxylic acids is 2. The number of nitrogens with zero attached hydrogens (tertiary/aromatic N) is 5. The summed E-state index contributed by atoms with van der Waals surface area (Å²) in [5.74, 6) is -0.205. The molecule has 2 aromatic heterocycles. The van der Waals surface area contributed by atoms with Crippen molar-refractivity contribution in [3.05, 3.63) is 45.2 Å². The number of anilines is 1. The second kappa shape index (κ2) is 16.9. The highest BCUT2D eigenvalue weighted by Gasteiger charge is 2.32. The lowest BCUT2D eigenvalue weighted by molar-refractivity contribution is -0.143. The van der Waals surface area contributed by atoms with E-state index in [1.54, 1.807) is 9.36 Å². The molecule has 18 nitrogen and oxygen atoms in total. The van der Waals surface area contributed by atoms with Gasteiger partial charge < -0.3 is 18.9 Å². The van der Waals surface area contributed by atoms with Gasteiger partial charge in [0.25, 0.3) is 5.56 Å². The van der Waals surface area contributed by atoms with Crippen LogP contribution >= 0.6 is 0 Å². The molecule has 0 aliphatic carbocycles. The van der Waals surface area contributed by atoms with Crippen LogP contribution in [0.2, 0.25) is 0 Å². The molecule has 0 radical (unpaired) electrons. The molecule has 0 unspecified atom stereocenters. The number of hydrogen-bond donors (Lipinski definition) is 2. The predicted molar refractivity (Wildman–Crippen MR) is 192 cm³/mol. The van der Waals surface area contributed by atoms with E-state index >= 15 is 0 Å². The van der Waals surface area contributed by atoms with Crippen molar-refractivity contribution >= 4 is 38.2 Å². The van der Waals surface area contributed by atoms with E-state index in [0.29, 0.717) is 44.0 Å². The van der Waals surface area contributed by atoms with E-state index < -0.39 is 31.7 Å². The first kappa shape index (κ1) is 41.9. The maximum Gasteiger partial charge on any atom is 0.336 e. The molecule has 1 aliphatic rings. The van der Waals surface area contributed by atoms with E-state index in [-0.39, 0.29) is 32.9 Å². The molecule has 2 N–H and O–H groups in total. The normalized spacial score (nSPS) is 13.3. The monoisotopic (exact) mass is 769 g/mol. The highest BCUT2D eigenvalue weighted by atomic mass is 32.3. The van der Waals surface area contributed by atoms with Crippen LogP contribution in [0.3, 0.4) is 0 Å². The Morgan fingerprint density at radius 2 is 1.44 bits per heavy atom. The zero-order chi connectivity index (χ0) is 39.2. The van der Waals surface area contributed by atoms with Crippen LogP contribution in [0.4, 0.5) is 10.7 Å². The number of nitrogens with one attached hydrogen (secondary N) is 2. The van der Waals surface area contributed by atoms with Gasteiger partial charge in [-0.1, -0.05) is 35.3 Å². The Bertz CT molecular complexity index is 2020. The van der Waals surface area contributed by atoms with Gasteiger partial charge in [-0.25, -0.2) is 27.3 Å². The topological polar surface area (TPSA) is 219 Å². The second-order valence-corrected chi connectivity index (χ2v) is 16.6. The number of aromatic nitrogens is 4. The van der Waals surface area contributed by atoms with Crippen LogP contribution in [0.15, 0.2) is 23.0 Å². The number of sulfonamides is 1. The number of amides is 2. The van der Waals surface area contributed by atoms with Crippen LogP contribution in [-0.2, 0) is 55.7 Å². The van der Waals surface area contributed by atoms with Gasteiger partial charge in [0, 0.05) is 7.05 Å². The van der Waals surface area contributed by atoms with Gasteiger partial charge in [0.2, 0.25) is 33.6 Å². The molecular weight excluding hydrogens is 723 g/mol. The van der Waals surface area contributed by atoms with Crippen molar-refractivity contribution in [2.24, 2.45) is 5.41 Å². The Morgan fingerprint density at radius 3 is 1.90 bits per heavy atom. The highest BCUT2D eigenvalue weighted by molar-refractivity contribution is 8.03. The minimum atomic E-state index is -4.60. The molecule has 0 saturated heterocycles. The first-order valence-corrected chi connectivity index (χ1v) is 19.5. The van der Waals surface area contributed by atoms with Crippen LogP contribution in [-0.4, -0.2) is 92.6 Å². The minimum absolute atomic E-state index is 0.00654. The van der Waals surface area contributed by atoms with Gasteiger partial charge in [0.1, 0.15) is 5.56 Å². The molecule has 20 heteroatoms. The molecule has 52 heavy (non-hydrogen) atoms. The van der Waals surface area contributed by atoms with Crippen LogP contribution in [0.1, 0.15) is 51.3 Å². The molecule has 0 spiro atoms. The molecule has 0 atom stereocenters. The maximum atomic E-state index is 13.5. The number of ether oxygens (including phenoxy) is 4. The van der Waals surface area contributed by atoms with Gasteiger partial charge in [-0.15, -0.1) is 0 Å². The molecule has 2 amide bonds. The van der Waals surface area contributed by atoms with E-state index in [1.165, 1.54) is 30.6 Å². The van der Waals surface area contributed by atoms with Crippen LogP contribution in [0.25, 0.3) is 11.1 Å². The molecule has 288 valence electrons. The Kier molecular flexibility index (Phi) is 13.6. The molecule has 3 heterocycles. The summed E-state index contributed by atoms with van der Waals surface area (Å²) in [7, 11) is -5.27. The molecule has 0 fully saturated rings. The lowest BCUT2D eigenvalue weighted by atomic mass is 9.91. The summed E-state index contributed by atoms with van der Waals surface area (Å²) in [6, 6.07) is 4.31. The number of rotatable bonds is 10. The molecular formula is C32H47N7O11S2. The van der Waals surface area contributed by atoms with E-state index in [4.69, 9.17) is 18.9 Å². The Balaban J connectivity index is 0.000000289. The third-order valence-corrected chi connectivity index (χ3v) is 11.1. The molecule has 4 rings (SSSR count). The zero-order valence-corrected chi connectivity index (χ0v) is 32.7. The number of hydrogen-bond acceptors (Lipinski definition) is 13. The van der Waals surface area contributed by atoms with Crippen molar-refractivity contribution in [2.75, 3.05) is 46.1 Å². The minimum Gasteiger partial charge on any atom is -0.481 e. The number of esters is 1. The summed E-state index contributed by atoms with van der Waals surface area (Å²) in [5, 5.41) is 2.02. The maximum absolute atomic E-state index is 13.5. The van der Waals surface area contributed by atoms with Gasteiger partial charge in [0.15, 0.2) is 0 Å². The Labute approximate surface area is 303 Å². The van der Waals surface area contributed by atoms with Crippen LogP contribution in [0.5, 0.6) is 17.6 Å². The van der Waals surface area contributed by atoms with E-state index in [9.17, 15) is 31.2 Å². The SMILES string of the molecule is CCc1cc(C)cc(CC)c1-c1c(OC(=O)C(C)(C)C)n2n(c1=O)CCOCC2.COc1cc(OC)nc(NC(=O)NS(=O)(=O)N(C)S(C)(=O)=O)n1. The summed E-state index contributed by atoms with van der Waals surface area (Å²) < 4.78 is 71.9. The lowest BCUT2D eigenvalue weighted by Crippen LogP contribution is -2.45. The molecule has 0 saturated carbocycles. The highest BCUT2D eigenvalue weighted by Crippen LogP contribution is 2.36. The predicted octanol–water partition coefficient (Wildman–Crippen LogP) is 2.48. The number of benzene rings is 1. The van der Waals surface area contributed by atoms with Crippen LogP contribution in [0, 0.1) is 12.3 Å². The standard InChI is InChI=1S/C23H32N2O4.C9H15N5O7S2/c1-7-16-13-15(3)14-17(8-2)18(16)19-20(26)24-9-11-28-12-10-25(24)21(19)29-22(27)23(4,5)6;1-14(22(4,16)17)23(18,19)13-9(15)12-8-10-6(20-2)5-7(11-8)21-3/h13-14H,7-12H2,1-6H3;5H,1-4H3,(H2,10,11,12,13,15). The van der Waals surface area contributed by atoms with E-state index in [0.717, 1.165) is 36.6 Å². The Morgan fingerprint density at radius 1 is 0.923 bits per heavy atom. The fourth-order valence-electron chi connectivity index (χ4n) is 4.95. The lowest BCUT2D eigenvalue weighted by Gasteiger charge is -2.19. The fraction of sp³-hybridized carbons (Fsp3) is 0.531. The summed E-state index contributed by atoms with van der Waals surface area (Å²) >= 11 is 0. The van der Waals surface area contributed by atoms with Gasteiger partial charge in [-0.3, -0.25) is 14.9 Å². The third kappa shape index (κ3) is 10.1. The van der Waals surface area contributed by atoms with Gasteiger partial charge >= 0.3 is 22.2 Å². The van der Waals surface area contributed by atoms with E-state index in [1.807, 2.05) is 26.1 Å². The van der Waals surface area contributed by atoms with Crippen molar-refractivity contribution < 1.29 is 45.4 Å².